The molecule has 0 spiro atoms. The largest absolute Gasteiger partial charge is 0.293 e. The molecule has 0 aromatic carbocycles. The number of hydrogen-bond donors (Lipinski definition) is 0. The fraction of sp³-hybridized carbons (Fsp3) is 0.571. The Labute approximate surface area is 67.0 Å². The fourth-order valence-electron chi connectivity index (χ4n) is 0.429. The lowest BCUT2D eigenvalue weighted by Crippen LogP contribution is -2.38. The van der Waals surface area contributed by atoms with Gasteiger partial charge in [-0.15, -0.1) is 0 Å². The number of carbonyl (C=O) groups is 1. The molecule has 0 N–H and O–H groups in total. The molecule has 0 heterocycles. The second-order valence-electron chi connectivity index (χ2n) is 2.85. The summed E-state index contributed by atoms with van der Waals surface area (Å²) >= 11 is 0. The smallest absolute Gasteiger partial charge is 0.175 e. The van der Waals surface area contributed by atoms with Crippen LogP contribution in [0.15, 0.2) is 12.7 Å². The molecular weight excluding hydrogens is 164 g/mol. The van der Waals surface area contributed by atoms with Crippen molar-refractivity contribution in [3.8, 4) is 0 Å². The van der Waals surface area contributed by atoms with Crippen LogP contribution >= 0.6 is 0 Å². The SMILES string of the molecule is C=CC(=O)C(C)(C)S(C)(=O)=O. The summed E-state index contributed by atoms with van der Waals surface area (Å²) in [6.07, 6.45) is 2.06. The highest BCUT2D eigenvalue weighted by Gasteiger charge is 2.36. The maximum absolute atomic E-state index is 11.0. The molecule has 0 aliphatic rings. The van der Waals surface area contributed by atoms with Gasteiger partial charge in [-0.05, 0) is 19.9 Å². The Morgan fingerprint density at radius 2 is 1.82 bits per heavy atom. The Morgan fingerprint density at radius 1 is 1.45 bits per heavy atom. The van der Waals surface area contributed by atoms with Crippen LogP contribution in [0.4, 0.5) is 0 Å². The van der Waals surface area contributed by atoms with Gasteiger partial charge in [-0.25, -0.2) is 8.42 Å². The van der Waals surface area contributed by atoms with E-state index in [0.717, 1.165) is 12.3 Å². The van der Waals surface area contributed by atoms with Crippen molar-refractivity contribution in [3.05, 3.63) is 12.7 Å². The molecule has 0 rings (SSSR count). The molecule has 0 atom stereocenters. The van der Waals surface area contributed by atoms with Crippen LogP contribution < -0.4 is 0 Å². The van der Waals surface area contributed by atoms with E-state index in [9.17, 15) is 13.2 Å². The fourth-order valence-corrected chi connectivity index (χ4v) is 0.877. The summed E-state index contributed by atoms with van der Waals surface area (Å²) in [6, 6.07) is 0. The molecule has 4 heteroatoms. The van der Waals surface area contributed by atoms with Crippen molar-refractivity contribution in [2.45, 2.75) is 18.6 Å². The van der Waals surface area contributed by atoms with Crippen molar-refractivity contribution >= 4 is 15.6 Å². The maximum atomic E-state index is 11.0. The van der Waals surface area contributed by atoms with Crippen LogP contribution in [-0.2, 0) is 14.6 Å². The molecule has 64 valence electrons. The average molecular weight is 176 g/mol. The molecule has 0 aliphatic carbocycles. The van der Waals surface area contributed by atoms with Gasteiger partial charge in [0.15, 0.2) is 15.6 Å². The number of hydrogen-bond acceptors (Lipinski definition) is 3. The van der Waals surface area contributed by atoms with Crippen LogP contribution in [0.2, 0.25) is 0 Å². The highest BCUT2D eigenvalue weighted by Crippen LogP contribution is 2.16. The van der Waals surface area contributed by atoms with E-state index in [4.69, 9.17) is 0 Å². The molecule has 0 aromatic rings. The zero-order valence-corrected chi connectivity index (χ0v) is 7.73. The average Bonchev–Trinajstić information content (AvgIpc) is 1.83. The van der Waals surface area contributed by atoms with Crippen molar-refractivity contribution in [1.29, 1.82) is 0 Å². The standard InChI is InChI=1S/C7H12O3S/c1-5-6(8)7(2,3)11(4,9)10/h5H,1H2,2-4H3. The van der Waals surface area contributed by atoms with Gasteiger partial charge in [0.1, 0.15) is 4.75 Å². The van der Waals surface area contributed by atoms with E-state index < -0.39 is 20.4 Å². The normalized spacial score (nSPS) is 12.6. The summed E-state index contributed by atoms with van der Waals surface area (Å²) in [4.78, 5) is 11.0. The van der Waals surface area contributed by atoms with E-state index in [2.05, 4.69) is 6.58 Å². The summed E-state index contributed by atoms with van der Waals surface area (Å²) < 4.78 is 20.6. The summed E-state index contributed by atoms with van der Waals surface area (Å²) in [5.74, 6) is -0.472. The highest BCUT2D eigenvalue weighted by atomic mass is 32.2. The zero-order chi connectivity index (χ0) is 9.28. The van der Waals surface area contributed by atoms with Crippen LogP contribution in [0.5, 0.6) is 0 Å². The summed E-state index contributed by atoms with van der Waals surface area (Å²) in [7, 11) is -3.33. The third kappa shape index (κ3) is 1.89. The first-order valence-electron chi connectivity index (χ1n) is 3.10. The van der Waals surface area contributed by atoms with Crippen LogP contribution in [0.1, 0.15) is 13.8 Å². The van der Waals surface area contributed by atoms with E-state index in [0.29, 0.717) is 0 Å². The zero-order valence-electron chi connectivity index (χ0n) is 6.92. The topological polar surface area (TPSA) is 51.2 Å². The molecular formula is C7H12O3S. The number of allylic oxidation sites excluding steroid dienone is 1. The van der Waals surface area contributed by atoms with Gasteiger partial charge in [-0.1, -0.05) is 6.58 Å². The van der Waals surface area contributed by atoms with Crippen molar-refractivity contribution in [2.75, 3.05) is 6.26 Å². The van der Waals surface area contributed by atoms with Crippen molar-refractivity contribution in [3.63, 3.8) is 0 Å². The second kappa shape index (κ2) is 2.77. The molecule has 0 saturated carbocycles. The molecule has 0 unspecified atom stereocenters. The molecule has 0 fully saturated rings. The van der Waals surface area contributed by atoms with Crippen LogP contribution in [-0.4, -0.2) is 25.2 Å². The molecule has 11 heavy (non-hydrogen) atoms. The Hall–Kier alpha value is -0.640. The van der Waals surface area contributed by atoms with E-state index in [-0.39, 0.29) is 0 Å². The minimum absolute atomic E-state index is 0.472. The first-order chi connectivity index (χ1) is 4.73. The quantitative estimate of drug-likeness (QED) is 0.590. The first kappa shape index (κ1) is 10.4. The van der Waals surface area contributed by atoms with Gasteiger partial charge in [0.25, 0.3) is 0 Å². The summed E-state index contributed by atoms with van der Waals surface area (Å²) in [5, 5.41) is 0. The molecule has 0 bridgehead atoms. The number of sulfone groups is 1. The van der Waals surface area contributed by atoms with Crippen molar-refractivity contribution in [1.82, 2.24) is 0 Å². The van der Waals surface area contributed by atoms with E-state index in [1.165, 1.54) is 13.8 Å². The summed E-state index contributed by atoms with van der Waals surface area (Å²) in [6.45, 7) is 5.96. The maximum Gasteiger partial charge on any atom is 0.175 e. The number of rotatable bonds is 3. The first-order valence-corrected chi connectivity index (χ1v) is 4.99. The van der Waals surface area contributed by atoms with Crippen molar-refractivity contribution in [2.24, 2.45) is 0 Å². The van der Waals surface area contributed by atoms with Gasteiger partial charge in [-0.2, -0.15) is 0 Å². The minimum atomic E-state index is -3.33. The number of carbonyl (C=O) groups excluding carboxylic acids is 1. The molecule has 0 saturated heterocycles. The van der Waals surface area contributed by atoms with Crippen LogP contribution in [0, 0.1) is 0 Å². The van der Waals surface area contributed by atoms with Crippen LogP contribution in [0.3, 0.4) is 0 Å². The van der Waals surface area contributed by atoms with E-state index in [1.54, 1.807) is 0 Å². The second-order valence-corrected chi connectivity index (χ2v) is 5.42. The Morgan fingerprint density at radius 3 is 1.91 bits per heavy atom. The van der Waals surface area contributed by atoms with Gasteiger partial charge >= 0.3 is 0 Å². The third-order valence-electron chi connectivity index (χ3n) is 1.71. The lowest BCUT2D eigenvalue weighted by Gasteiger charge is -2.17. The lowest BCUT2D eigenvalue weighted by atomic mass is 10.1. The van der Waals surface area contributed by atoms with Gasteiger partial charge in [0.2, 0.25) is 0 Å². The van der Waals surface area contributed by atoms with Gasteiger partial charge in [-0.3, -0.25) is 4.79 Å². The highest BCUT2D eigenvalue weighted by molar-refractivity contribution is 7.92. The van der Waals surface area contributed by atoms with E-state index >= 15 is 0 Å². The molecule has 0 amide bonds. The predicted molar refractivity (Wildman–Crippen MR) is 44.1 cm³/mol. The van der Waals surface area contributed by atoms with Crippen molar-refractivity contribution < 1.29 is 13.2 Å². The molecule has 0 aliphatic heterocycles. The van der Waals surface area contributed by atoms with Gasteiger partial charge in [0, 0.05) is 6.26 Å². The third-order valence-corrected chi connectivity index (χ3v) is 3.76. The lowest BCUT2D eigenvalue weighted by molar-refractivity contribution is -0.116. The number of ketones is 1. The monoisotopic (exact) mass is 176 g/mol. The van der Waals surface area contributed by atoms with Gasteiger partial charge < -0.3 is 0 Å². The minimum Gasteiger partial charge on any atom is -0.293 e. The Bertz CT molecular complexity index is 272. The Kier molecular flexibility index (Phi) is 2.61. The molecule has 0 radical (unpaired) electrons. The van der Waals surface area contributed by atoms with E-state index in [1.807, 2.05) is 0 Å². The van der Waals surface area contributed by atoms with Gasteiger partial charge in [0.05, 0.1) is 0 Å². The summed E-state index contributed by atoms with van der Waals surface area (Å²) in [5.41, 5.74) is 0. The molecule has 3 nitrogen and oxygen atoms in total. The van der Waals surface area contributed by atoms with Crippen LogP contribution in [0.25, 0.3) is 0 Å². The molecule has 0 aromatic heterocycles. The Balaban J connectivity index is 5.06. The predicted octanol–water partition coefficient (Wildman–Crippen LogP) is 0.565.